The molecule has 134 valence electrons. The first kappa shape index (κ1) is 18.5. The Kier molecular flexibility index (Phi) is 6.16. The minimum Gasteiger partial charge on any atom is -0.496 e. The molecule has 1 aromatic rings. The average Bonchev–Trinajstić information content (AvgIpc) is 2.59. The molecule has 2 rings (SSSR count). The summed E-state index contributed by atoms with van der Waals surface area (Å²) in [6.07, 6.45) is 4.75. The number of carbonyl (C=O) groups is 3. The van der Waals surface area contributed by atoms with E-state index in [9.17, 15) is 14.4 Å². The van der Waals surface area contributed by atoms with Gasteiger partial charge in [0.05, 0.1) is 31.0 Å². The molecule has 7 nitrogen and oxygen atoms in total. The summed E-state index contributed by atoms with van der Waals surface area (Å²) in [7, 11) is 2.88. The number of benzene rings is 1. The number of ketones is 2. The Bertz CT molecular complexity index is 723. The molecule has 0 heterocycles. The van der Waals surface area contributed by atoms with Crippen molar-refractivity contribution in [2.24, 2.45) is 0 Å². The molecule has 0 saturated heterocycles. The smallest absolute Gasteiger partial charge is 0.303 e. The molecule has 0 aliphatic heterocycles. The maximum atomic E-state index is 12.3. The third-order valence-electron chi connectivity index (χ3n) is 3.93. The average molecular weight is 347 g/mol. The van der Waals surface area contributed by atoms with Crippen molar-refractivity contribution in [3.05, 3.63) is 29.3 Å². The van der Waals surface area contributed by atoms with Crippen LogP contribution in [0.5, 0.6) is 11.5 Å². The van der Waals surface area contributed by atoms with Crippen molar-refractivity contribution in [3.63, 3.8) is 0 Å². The normalized spacial score (nSPS) is 12.7. The number of carbonyl (C=O) groups excluding carboxylic acids is 2. The molecule has 0 fully saturated rings. The first-order valence-corrected chi connectivity index (χ1v) is 8.01. The lowest BCUT2D eigenvalue weighted by Gasteiger charge is -2.20. The fourth-order valence-corrected chi connectivity index (χ4v) is 2.74. The molecule has 0 spiro atoms. The van der Waals surface area contributed by atoms with Crippen LogP contribution in [0.3, 0.4) is 0 Å². The number of allylic oxidation sites excluding steroid dienone is 2. The Morgan fingerprint density at radius 1 is 1.04 bits per heavy atom. The number of methoxy groups -OCH3 is 2. The topological polar surface area (TPSA) is 102 Å². The number of aliphatic carboxylic acids is 1. The van der Waals surface area contributed by atoms with E-state index in [1.165, 1.54) is 26.4 Å². The molecule has 0 atom stereocenters. The van der Waals surface area contributed by atoms with E-state index in [0.717, 1.165) is 12.8 Å². The zero-order valence-electron chi connectivity index (χ0n) is 14.3. The van der Waals surface area contributed by atoms with Gasteiger partial charge in [0.25, 0.3) is 0 Å². The molecular formula is C18H21NO6. The first-order valence-electron chi connectivity index (χ1n) is 8.01. The number of carboxylic acid groups (broad SMARTS) is 1. The SMILES string of the molecule is COc1cc(NCCCCCC(=O)O)c(OC)c2c1C(=O)C=CC2=O. The van der Waals surface area contributed by atoms with Crippen molar-refractivity contribution < 1.29 is 29.0 Å². The zero-order chi connectivity index (χ0) is 18.4. The number of hydrogen-bond acceptors (Lipinski definition) is 6. The van der Waals surface area contributed by atoms with Crippen LogP contribution in [0.1, 0.15) is 46.4 Å². The van der Waals surface area contributed by atoms with E-state index in [0.29, 0.717) is 30.2 Å². The predicted octanol–water partition coefficient (Wildman–Crippen LogP) is 2.70. The molecule has 0 amide bonds. The summed E-state index contributed by atoms with van der Waals surface area (Å²) in [5, 5.41) is 11.8. The summed E-state index contributed by atoms with van der Waals surface area (Å²) >= 11 is 0. The van der Waals surface area contributed by atoms with Gasteiger partial charge in [0.15, 0.2) is 17.3 Å². The van der Waals surface area contributed by atoms with E-state index in [4.69, 9.17) is 14.6 Å². The van der Waals surface area contributed by atoms with E-state index >= 15 is 0 Å². The number of ether oxygens (including phenoxy) is 2. The number of anilines is 1. The Morgan fingerprint density at radius 3 is 2.32 bits per heavy atom. The Balaban J connectivity index is 2.19. The molecule has 1 aliphatic rings. The van der Waals surface area contributed by atoms with Crippen molar-refractivity contribution in [1.29, 1.82) is 0 Å². The van der Waals surface area contributed by atoms with Gasteiger partial charge in [-0.3, -0.25) is 14.4 Å². The number of hydrogen-bond donors (Lipinski definition) is 2. The van der Waals surface area contributed by atoms with Gasteiger partial charge in [0, 0.05) is 19.0 Å². The van der Waals surface area contributed by atoms with E-state index in [2.05, 4.69) is 5.32 Å². The van der Waals surface area contributed by atoms with Crippen LogP contribution >= 0.6 is 0 Å². The maximum absolute atomic E-state index is 12.3. The second kappa shape index (κ2) is 8.32. The van der Waals surface area contributed by atoms with Gasteiger partial charge in [-0.25, -0.2) is 0 Å². The van der Waals surface area contributed by atoms with Crippen molar-refractivity contribution >= 4 is 23.2 Å². The van der Waals surface area contributed by atoms with Crippen LogP contribution in [0.4, 0.5) is 5.69 Å². The maximum Gasteiger partial charge on any atom is 0.303 e. The highest BCUT2D eigenvalue weighted by Gasteiger charge is 2.29. The molecule has 0 saturated carbocycles. The highest BCUT2D eigenvalue weighted by molar-refractivity contribution is 6.25. The largest absolute Gasteiger partial charge is 0.496 e. The minimum atomic E-state index is -0.801. The minimum absolute atomic E-state index is 0.152. The summed E-state index contributed by atoms with van der Waals surface area (Å²) in [5.74, 6) is -0.791. The van der Waals surface area contributed by atoms with E-state index in [1.807, 2.05) is 0 Å². The zero-order valence-corrected chi connectivity index (χ0v) is 14.3. The summed E-state index contributed by atoms with van der Waals surface area (Å²) in [6, 6.07) is 1.64. The van der Waals surface area contributed by atoms with Gasteiger partial charge < -0.3 is 19.9 Å². The Morgan fingerprint density at radius 2 is 1.72 bits per heavy atom. The molecule has 7 heteroatoms. The Labute approximate surface area is 145 Å². The van der Waals surface area contributed by atoms with E-state index < -0.39 is 5.97 Å². The quantitative estimate of drug-likeness (QED) is 0.662. The lowest BCUT2D eigenvalue weighted by atomic mass is 9.92. The molecule has 1 aromatic carbocycles. The first-order chi connectivity index (χ1) is 12.0. The molecule has 0 radical (unpaired) electrons. The molecule has 1 aliphatic carbocycles. The van der Waals surface area contributed by atoms with Crippen molar-refractivity contribution in [2.45, 2.75) is 25.7 Å². The summed E-state index contributed by atoms with van der Waals surface area (Å²) in [6.45, 7) is 0.579. The van der Waals surface area contributed by atoms with Gasteiger partial charge in [-0.2, -0.15) is 0 Å². The monoisotopic (exact) mass is 347 g/mol. The van der Waals surface area contributed by atoms with Gasteiger partial charge in [-0.1, -0.05) is 6.42 Å². The fraction of sp³-hybridized carbons (Fsp3) is 0.389. The van der Waals surface area contributed by atoms with Crippen LogP contribution in [-0.4, -0.2) is 43.4 Å². The summed E-state index contributed by atoms with van der Waals surface area (Å²) in [4.78, 5) is 34.9. The molecular weight excluding hydrogens is 326 g/mol. The molecule has 0 aromatic heterocycles. The number of fused-ring (bicyclic) bond motifs is 1. The van der Waals surface area contributed by atoms with Crippen LogP contribution in [-0.2, 0) is 4.79 Å². The number of nitrogens with one attached hydrogen (secondary N) is 1. The van der Waals surface area contributed by atoms with Gasteiger partial charge in [-0.05, 0) is 25.0 Å². The van der Waals surface area contributed by atoms with E-state index in [-0.39, 0.29) is 29.1 Å². The highest BCUT2D eigenvalue weighted by atomic mass is 16.5. The van der Waals surface area contributed by atoms with Crippen molar-refractivity contribution in [2.75, 3.05) is 26.1 Å². The van der Waals surface area contributed by atoms with Gasteiger partial charge >= 0.3 is 5.97 Å². The third-order valence-corrected chi connectivity index (χ3v) is 3.93. The van der Waals surface area contributed by atoms with Crippen LogP contribution in [0.2, 0.25) is 0 Å². The standard InChI is InChI=1S/C18H21NO6/c1-24-14-10-11(19-9-5-3-4-6-15(22)23)18(25-2)17-13(21)8-7-12(20)16(14)17/h7-8,10,19H,3-6,9H2,1-2H3,(H,22,23). The van der Waals surface area contributed by atoms with Gasteiger partial charge in [-0.15, -0.1) is 0 Å². The van der Waals surface area contributed by atoms with E-state index in [1.54, 1.807) is 6.07 Å². The third kappa shape index (κ3) is 4.17. The van der Waals surface area contributed by atoms with Gasteiger partial charge in [0.1, 0.15) is 5.75 Å². The van der Waals surface area contributed by atoms with Crippen LogP contribution in [0, 0.1) is 0 Å². The molecule has 0 bridgehead atoms. The highest BCUT2D eigenvalue weighted by Crippen LogP contribution is 2.40. The number of carboxylic acids is 1. The van der Waals surface area contributed by atoms with Crippen LogP contribution in [0.15, 0.2) is 18.2 Å². The second-order valence-corrected chi connectivity index (χ2v) is 5.60. The van der Waals surface area contributed by atoms with Crippen LogP contribution < -0.4 is 14.8 Å². The lowest BCUT2D eigenvalue weighted by molar-refractivity contribution is -0.137. The summed E-state index contributed by atoms with van der Waals surface area (Å²) in [5.41, 5.74) is 0.967. The van der Waals surface area contributed by atoms with Crippen molar-refractivity contribution in [3.8, 4) is 11.5 Å². The number of rotatable bonds is 9. The lowest BCUT2D eigenvalue weighted by Crippen LogP contribution is -2.16. The molecule has 2 N–H and O–H groups in total. The summed E-state index contributed by atoms with van der Waals surface area (Å²) < 4.78 is 10.6. The van der Waals surface area contributed by atoms with Crippen LogP contribution in [0.25, 0.3) is 0 Å². The molecule has 25 heavy (non-hydrogen) atoms. The fourth-order valence-electron chi connectivity index (χ4n) is 2.74. The van der Waals surface area contributed by atoms with Crippen molar-refractivity contribution in [1.82, 2.24) is 0 Å². The predicted molar refractivity (Wildman–Crippen MR) is 91.9 cm³/mol. The Hall–Kier alpha value is -2.83. The second-order valence-electron chi connectivity index (χ2n) is 5.60. The number of unbranched alkanes of at least 4 members (excludes halogenated alkanes) is 2. The molecule has 0 unspecified atom stereocenters. The van der Waals surface area contributed by atoms with Gasteiger partial charge in [0.2, 0.25) is 0 Å².